The van der Waals surface area contributed by atoms with Gasteiger partial charge in [0.2, 0.25) is 11.9 Å². The minimum absolute atomic E-state index is 0.0461. The Bertz CT molecular complexity index is 1790. The number of hydrogen-bond donors (Lipinski definition) is 3. The van der Waals surface area contributed by atoms with Gasteiger partial charge in [0.1, 0.15) is 11.3 Å². The molecule has 11 nitrogen and oxygen atoms in total. The SMILES string of the molecule is COc1ccc(CCNc2nc(NC(=S)Nc3cccc(C)c3)nc(Oc3cc(=O)oc4ccccc34)n2)cc1OC. The Kier molecular flexibility index (Phi) is 8.73. The summed E-state index contributed by atoms with van der Waals surface area (Å²) in [4.78, 5) is 25.4. The van der Waals surface area contributed by atoms with Crippen LogP contribution in [-0.4, -0.2) is 40.8 Å². The number of fused-ring (bicyclic) bond motifs is 1. The Labute approximate surface area is 246 Å². The molecule has 0 amide bonds. The second-order valence-corrected chi connectivity index (χ2v) is 9.52. The van der Waals surface area contributed by atoms with Gasteiger partial charge in [0.25, 0.3) is 0 Å². The van der Waals surface area contributed by atoms with E-state index in [9.17, 15) is 4.79 Å². The lowest BCUT2D eigenvalue weighted by atomic mass is 10.1. The molecule has 0 spiro atoms. The molecule has 2 aromatic heterocycles. The summed E-state index contributed by atoms with van der Waals surface area (Å²) >= 11 is 5.49. The van der Waals surface area contributed by atoms with Crippen molar-refractivity contribution in [3.8, 4) is 23.3 Å². The van der Waals surface area contributed by atoms with Gasteiger partial charge in [-0.25, -0.2) is 4.79 Å². The van der Waals surface area contributed by atoms with Gasteiger partial charge in [-0.05, 0) is 73.1 Å². The van der Waals surface area contributed by atoms with E-state index in [0.717, 1.165) is 16.8 Å². The third-order valence-electron chi connectivity index (χ3n) is 6.07. The van der Waals surface area contributed by atoms with Gasteiger partial charge in [-0.15, -0.1) is 0 Å². The molecule has 3 aromatic carbocycles. The summed E-state index contributed by atoms with van der Waals surface area (Å²) in [5.41, 5.74) is 2.74. The zero-order valence-electron chi connectivity index (χ0n) is 23.1. The summed E-state index contributed by atoms with van der Waals surface area (Å²) in [5, 5.41) is 10.2. The number of nitrogens with one attached hydrogen (secondary N) is 3. The normalized spacial score (nSPS) is 10.6. The average molecular weight is 585 g/mol. The fourth-order valence-corrected chi connectivity index (χ4v) is 4.35. The number of rotatable bonds is 10. The van der Waals surface area contributed by atoms with Crippen LogP contribution in [0.25, 0.3) is 11.0 Å². The van der Waals surface area contributed by atoms with E-state index in [4.69, 9.17) is 30.8 Å². The van der Waals surface area contributed by atoms with Crippen LogP contribution in [0.2, 0.25) is 0 Å². The summed E-state index contributed by atoms with van der Waals surface area (Å²) in [6, 6.07) is 21.7. The van der Waals surface area contributed by atoms with Gasteiger partial charge >= 0.3 is 11.6 Å². The van der Waals surface area contributed by atoms with Crippen LogP contribution in [0.4, 0.5) is 17.6 Å². The van der Waals surface area contributed by atoms with Crippen LogP contribution in [0.15, 0.2) is 82.0 Å². The van der Waals surface area contributed by atoms with Crippen LogP contribution in [0.5, 0.6) is 23.3 Å². The van der Waals surface area contributed by atoms with E-state index >= 15 is 0 Å². The maximum Gasteiger partial charge on any atom is 0.339 e. The highest BCUT2D eigenvalue weighted by Crippen LogP contribution is 2.29. The van der Waals surface area contributed by atoms with Crippen molar-refractivity contribution in [3.05, 3.63) is 94.3 Å². The van der Waals surface area contributed by atoms with Crippen molar-refractivity contribution >= 4 is 45.9 Å². The highest BCUT2D eigenvalue weighted by molar-refractivity contribution is 7.80. The first-order chi connectivity index (χ1) is 20.4. The van der Waals surface area contributed by atoms with Crippen LogP contribution in [0, 0.1) is 6.92 Å². The molecule has 5 aromatic rings. The Morgan fingerprint density at radius 2 is 1.67 bits per heavy atom. The van der Waals surface area contributed by atoms with Gasteiger partial charge < -0.3 is 34.6 Å². The minimum atomic E-state index is -0.562. The van der Waals surface area contributed by atoms with E-state index < -0.39 is 5.63 Å². The van der Waals surface area contributed by atoms with E-state index in [1.807, 2.05) is 55.5 Å². The number of aryl methyl sites for hydroxylation is 1. The van der Waals surface area contributed by atoms with Crippen LogP contribution < -0.4 is 35.8 Å². The highest BCUT2D eigenvalue weighted by atomic mass is 32.1. The third kappa shape index (κ3) is 7.09. The molecule has 0 saturated carbocycles. The third-order valence-corrected chi connectivity index (χ3v) is 6.28. The number of para-hydroxylation sites is 1. The lowest BCUT2D eigenvalue weighted by Crippen LogP contribution is -2.21. The lowest BCUT2D eigenvalue weighted by molar-refractivity contribution is 0.354. The zero-order chi connectivity index (χ0) is 29.5. The van der Waals surface area contributed by atoms with Crippen LogP contribution in [-0.2, 0) is 6.42 Å². The maximum absolute atomic E-state index is 12.2. The predicted molar refractivity (Wildman–Crippen MR) is 165 cm³/mol. The Hall–Kier alpha value is -5.23. The van der Waals surface area contributed by atoms with E-state index in [1.165, 1.54) is 6.07 Å². The summed E-state index contributed by atoms with van der Waals surface area (Å²) < 4.78 is 22.0. The summed E-state index contributed by atoms with van der Waals surface area (Å²) in [6.45, 7) is 2.48. The minimum Gasteiger partial charge on any atom is -0.493 e. The van der Waals surface area contributed by atoms with Gasteiger partial charge in [-0.1, -0.05) is 30.3 Å². The molecule has 0 fully saturated rings. The van der Waals surface area contributed by atoms with Crippen molar-refractivity contribution in [2.45, 2.75) is 13.3 Å². The van der Waals surface area contributed by atoms with Crippen LogP contribution in [0.1, 0.15) is 11.1 Å². The molecule has 3 N–H and O–H groups in total. The molecule has 0 aliphatic heterocycles. The Morgan fingerprint density at radius 1 is 0.857 bits per heavy atom. The maximum atomic E-state index is 12.2. The molecular weight excluding hydrogens is 556 g/mol. The molecule has 0 bridgehead atoms. The molecule has 0 atom stereocenters. The summed E-state index contributed by atoms with van der Waals surface area (Å²) in [6.07, 6.45) is 0.642. The fraction of sp³-hybridized carbons (Fsp3) is 0.167. The molecule has 0 aliphatic rings. The van der Waals surface area contributed by atoms with Gasteiger partial charge in [0.05, 0.1) is 25.7 Å². The topological polar surface area (TPSA) is 133 Å². The fourth-order valence-electron chi connectivity index (χ4n) is 4.14. The van der Waals surface area contributed by atoms with Crippen LogP contribution >= 0.6 is 12.2 Å². The first-order valence-corrected chi connectivity index (χ1v) is 13.4. The second kappa shape index (κ2) is 13.0. The van der Waals surface area contributed by atoms with Crippen molar-refractivity contribution in [1.82, 2.24) is 15.0 Å². The number of benzene rings is 3. The molecular formula is C30H28N6O5S. The lowest BCUT2D eigenvalue weighted by Gasteiger charge is -2.13. The number of hydrogen-bond acceptors (Lipinski definition) is 10. The Morgan fingerprint density at radius 3 is 2.48 bits per heavy atom. The van der Waals surface area contributed by atoms with E-state index in [-0.39, 0.29) is 28.8 Å². The molecule has 0 unspecified atom stereocenters. The second-order valence-electron chi connectivity index (χ2n) is 9.11. The van der Waals surface area contributed by atoms with Gasteiger partial charge in [-0.3, -0.25) is 0 Å². The van der Waals surface area contributed by atoms with Gasteiger partial charge in [0, 0.05) is 12.2 Å². The molecule has 0 radical (unpaired) electrons. The molecule has 42 heavy (non-hydrogen) atoms. The molecule has 2 heterocycles. The standard InChI is InChI=1S/C30H28N6O5S/c1-18-7-6-8-20(15-18)32-30(42)36-28-33-27(31-14-13-19-11-12-23(38-2)25(16-19)39-3)34-29(35-28)41-24-17-26(37)40-22-10-5-4-9-21(22)24/h4-12,15-17H,13-14H2,1-3H3,(H3,31,32,33,34,35,36,42). The average Bonchev–Trinajstić information content (AvgIpc) is 2.97. The number of nitrogens with zero attached hydrogens (tertiary/aromatic N) is 3. The number of anilines is 3. The summed E-state index contributed by atoms with van der Waals surface area (Å²) in [5.74, 6) is 1.93. The monoisotopic (exact) mass is 584 g/mol. The van der Waals surface area contributed by atoms with Crippen molar-refractivity contribution in [2.24, 2.45) is 0 Å². The number of methoxy groups -OCH3 is 2. The number of aromatic nitrogens is 3. The van der Waals surface area contributed by atoms with Crippen molar-refractivity contribution in [2.75, 3.05) is 36.7 Å². The molecule has 5 rings (SSSR count). The molecule has 0 saturated heterocycles. The zero-order valence-corrected chi connectivity index (χ0v) is 24.0. The molecule has 0 aliphatic carbocycles. The highest BCUT2D eigenvalue weighted by Gasteiger charge is 2.14. The van der Waals surface area contributed by atoms with Crippen LogP contribution in [0.3, 0.4) is 0 Å². The first kappa shape index (κ1) is 28.3. The van der Waals surface area contributed by atoms with E-state index in [0.29, 0.717) is 35.4 Å². The number of thiocarbonyl (C=S) groups is 1. The van der Waals surface area contributed by atoms with Crippen molar-refractivity contribution in [3.63, 3.8) is 0 Å². The quantitative estimate of drug-likeness (QED) is 0.140. The van der Waals surface area contributed by atoms with Crippen molar-refractivity contribution in [1.29, 1.82) is 0 Å². The van der Waals surface area contributed by atoms with E-state index in [1.54, 1.807) is 32.4 Å². The predicted octanol–water partition coefficient (Wildman–Crippen LogP) is 5.56. The first-order valence-electron chi connectivity index (χ1n) is 13.0. The smallest absolute Gasteiger partial charge is 0.339 e. The largest absolute Gasteiger partial charge is 0.493 e. The van der Waals surface area contributed by atoms with Gasteiger partial charge in [0.15, 0.2) is 16.6 Å². The van der Waals surface area contributed by atoms with E-state index in [2.05, 4.69) is 30.9 Å². The molecule has 12 heteroatoms. The molecule has 214 valence electrons. The Balaban J connectivity index is 1.38. The van der Waals surface area contributed by atoms with Crippen molar-refractivity contribution < 1.29 is 18.6 Å². The van der Waals surface area contributed by atoms with Gasteiger partial charge in [-0.2, -0.15) is 15.0 Å². The summed E-state index contributed by atoms with van der Waals surface area (Å²) in [7, 11) is 3.19. The number of ether oxygens (including phenoxy) is 3.